The van der Waals surface area contributed by atoms with E-state index in [0.29, 0.717) is 5.69 Å². The molecule has 0 saturated carbocycles. The van der Waals surface area contributed by atoms with Crippen LogP contribution < -0.4 is 5.73 Å². The lowest BCUT2D eigenvalue weighted by Gasteiger charge is -2.00. The third-order valence-corrected chi connectivity index (χ3v) is 3.04. The normalized spacial score (nSPS) is 10.9. The molecule has 0 spiro atoms. The minimum atomic E-state index is 0.255. The first-order valence-electron chi connectivity index (χ1n) is 5.65. The second kappa shape index (κ2) is 3.77. The smallest absolute Gasteiger partial charge is 0.116 e. The molecule has 90 valence electrons. The van der Waals surface area contributed by atoms with Crippen LogP contribution in [0, 0.1) is 0 Å². The predicted octanol–water partition coefficient (Wildman–Crippen LogP) is 2.53. The van der Waals surface area contributed by atoms with Crippen molar-refractivity contribution in [2.24, 2.45) is 7.05 Å². The molecule has 4 nitrogen and oxygen atoms in total. The van der Waals surface area contributed by atoms with Crippen molar-refractivity contribution in [1.82, 2.24) is 9.55 Å². The molecule has 0 aliphatic carbocycles. The molecule has 2 heterocycles. The van der Waals surface area contributed by atoms with Crippen molar-refractivity contribution in [2.75, 3.05) is 5.73 Å². The maximum Gasteiger partial charge on any atom is 0.116 e. The van der Waals surface area contributed by atoms with Gasteiger partial charge >= 0.3 is 0 Å². The van der Waals surface area contributed by atoms with Crippen LogP contribution in [-0.2, 0) is 7.05 Å². The van der Waals surface area contributed by atoms with Gasteiger partial charge in [0, 0.05) is 29.7 Å². The maximum absolute atomic E-state index is 9.61. The molecule has 0 atom stereocenters. The zero-order chi connectivity index (χ0) is 12.7. The Balaban J connectivity index is 2.28. The van der Waals surface area contributed by atoms with Crippen molar-refractivity contribution in [3.63, 3.8) is 0 Å². The Kier molecular flexibility index (Phi) is 2.23. The van der Waals surface area contributed by atoms with Gasteiger partial charge in [-0.05, 0) is 30.3 Å². The molecule has 0 aliphatic heterocycles. The number of hydrogen-bond donors (Lipinski definition) is 2. The van der Waals surface area contributed by atoms with Gasteiger partial charge < -0.3 is 15.4 Å². The number of nitrogens with two attached hydrogens (primary N) is 1. The zero-order valence-electron chi connectivity index (χ0n) is 9.96. The van der Waals surface area contributed by atoms with Gasteiger partial charge in [0.1, 0.15) is 5.75 Å². The van der Waals surface area contributed by atoms with E-state index in [0.717, 1.165) is 22.2 Å². The summed E-state index contributed by atoms with van der Waals surface area (Å²) in [5.74, 6) is 0.255. The van der Waals surface area contributed by atoms with Gasteiger partial charge in [-0.25, -0.2) is 0 Å². The van der Waals surface area contributed by atoms with Gasteiger partial charge in [-0.1, -0.05) is 0 Å². The average Bonchev–Trinajstić information content (AvgIpc) is 2.67. The Morgan fingerprint density at radius 2 is 2.06 bits per heavy atom. The lowest BCUT2D eigenvalue weighted by molar-refractivity contribution is 0.476. The summed E-state index contributed by atoms with van der Waals surface area (Å²) >= 11 is 0. The van der Waals surface area contributed by atoms with Gasteiger partial charge in [0.2, 0.25) is 0 Å². The molecule has 3 aromatic rings. The van der Waals surface area contributed by atoms with E-state index in [1.807, 2.05) is 36.0 Å². The number of rotatable bonds is 1. The number of fused-ring (bicyclic) bond motifs is 1. The standard InChI is InChI=1S/C14H13N3O/c1-17-8-12(13-4-2-9(15)7-16-13)11-6-10(18)3-5-14(11)17/h2-8,18H,15H2,1H3. The van der Waals surface area contributed by atoms with E-state index in [9.17, 15) is 5.11 Å². The Bertz CT molecular complexity index is 714. The van der Waals surface area contributed by atoms with Gasteiger partial charge in [0.25, 0.3) is 0 Å². The summed E-state index contributed by atoms with van der Waals surface area (Å²) in [6.45, 7) is 0. The fourth-order valence-corrected chi connectivity index (χ4v) is 2.15. The van der Waals surface area contributed by atoms with Crippen molar-refractivity contribution >= 4 is 16.6 Å². The van der Waals surface area contributed by atoms with Crippen LogP contribution in [0.25, 0.3) is 22.2 Å². The zero-order valence-corrected chi connectivity index (χ0v) is 9.96. The average molecular weight is 239 g/mol. The number of phenols is 1. The van der Waals surface area contributed by atoms with Gasteiger partial charge in [0.15, 0.2) is 0 Å². The summed E-state index contributed by atoms with van der Waals surface area (Å²) in [5, 5.41) is 10.6. The highest BCUT2D eigenvalue weighted by Gasteiger charge is 2.10. The first kappa shape index (κ1) is 10.7. The number of anilines is 1. The number of aromatic hydroxyl groups is 1. The summed E-state index contributed by atoms with van der Waals surface area (Å²) in [6, 6.07) is 9.04. The summed E-state index contributed by atoms with van der Waals surface area (Å²) in [4.78, 5) is 4.32. The van der Waals surface area contributed by atoms with Crippen LogP contribution in [-0.4, -0.2) is 14.7 Å². The Hall–Kier alpha value is -2.49. The molecule has 0 amide bonds. The highest BCUT2D eigenvalue weighted by molar-refractivity contribution is 5.96. The van der Waals surface area contributed by atoms with E-state index < -0.39 is 0 Å². The van der Waals surface area contributed by atoms with Crippen molar-refractivity contribution in [2.45, 2.75) is 0 Å². The van der Waals surface area contributed by atoms with Crippen LogP contribution in [0.3, 0.4) is 0 Å². The van der Waals surface area contributed by atoms with E-state index in [4.69, 9.17) is 5.73 Å². The predicted molar refractivity (Wildman–Crippen MR) is 72.2 cm³/mol. The molecule has 3 rings (SSSR count). The molecular formula is C14H13N3O. The van der Waals surface area contributed by atoms with Crippen LogP contribution >= 0.6 is 0 Å². The van der Waals surface area contributed by atoms with Crippen LogP contribution in [0.1, 0.15) is 0 Å². The molecule has 2 aromatic heterocycles. The van der Waals surface area contributed by atoms with E-state index in [1.54, 1.807) is 18.3 Å². The highest BCUT2D eigenvalue weighted by Crippen LogP contribution is 2.31. The molecule has 0 saturated heterocycles. The summed E-state index contributed by atoms with van der Waals surface area (Å²) in [6.07, 6.45) is 3.64. The molecule has 4 heteroatoms. The Morgan fingerprint density at radius 1 is 1.22 bits per heavy atom. The summed E-state index contributed by atoms with van der Waals surface area (Å²) < 4.78 is 2.02. The third kappa shape index (κ3) is 1.59. The number of nitrogens with zero attached hydrogens (tertiary/aromatic N) is 2. The van der Waals surface area contributed by atoms with Crippen molar-refractivity contribution < 1.29 is 5.11 Å². The Morgan fingerprint density at radius 3 is 2.78 bits per heavy atom. The lowest BCUT2D eigenvalue weighted by Crippen LogP contribution is -1.87. The molecule has 0 aliphatic rings. The van der Waals surface area contributed by atoms with Crippen molar-refractivity contribution in [3.8, 4) is 17.0 Å². The highest BCUT2D eigenvalue weighted by atomic mass is 16.3. The molecule has 18 heavy (non-hydrogen) atoms. The number of nitrogen functional groups attached to an aromatic ring is 1. The number of benzene rings is 1. The summed E-state index contributed by atoms with van der Waals surface area (Å²) in [5.41, 5.74) is 9.17. The van der Waals surface area contributed by atoms with Crippen LogP contribution in [0.2, 0.25) is 0 Å². The first-order chi connectivity index (χ1) is 8.65. The summed E-state index contributed by atoms with van der Waals surface area (Å²) in [7, 11) is 1.97. The van der Waals surface area contributed by atoms with E-state index in [1.165, 1.54) is 0 Å². The molecular weight excluding hydrogens is 226 g/mol. The lowest BCUT2D eigenvalue weighted by atomic mass is 10.1. The fourth-order valence-electron chi connectivity index (χ4n) is 2.15. The largest absolute Gasteiger partial charge is 0.508 e. The third-order valence-electron chi connectivity index (χ3n) is 3.04. The monoisotopic (exact) mass is 239 g/mol. The second-order valence-electron chi connectivity index (χ2n) is 4.33. The quantitative estimate of drug-likeness (QED) is 0.685. The Labute approximate surface area is 104 Å². The molecule has 3 N–H and O–H groups in total. The first-order valence-corrected chi connectivity index (χ1v) is 5.65. The van der Waals surface area contributed by atoms with Gasteiger partial charge in [0.05, 0.1) is 17.6 Å². The van der Waals surface area contributed by atoms with Gasteiger partial charge in [-0.2, -0.15) is 0 Å². The van der Waals surface area contributed by atoms with Crippen LogP contribution in [0.15, 0.2) is 42.7 Å². The van der Waals surface area contributed by atoms with E-state index >= 15 is 0 Å². The van der Waals surface area contributed by atoms with Crippen LogP contribution in [0.5, 0.6) is 5.75 Å². The van der Waals surface area contributed by atoms with Crippen molar-refractivity contribution in [3.05, 3.63) is 42.7 Å². The minimum Gasteiger partial charge on any atom is -0.508 e. The van der Waals surface area contributed by atoms with Gasteiger partial charge in [-0.15, -0.1) is 0 Å². The topological polar surface area (TPSA) is 64.1 Å². The number of pyridine rings is 1. The number of aryl methyl sites for hydroxylation is 1. The maximum atomic E-state index is 9.61. The number of phenolic OH excluding ortho intramolecular Hbond substituents is 1. The van der Waals surface area contributed by atoms with E-state index in [2.05, 4.69) is 4.98 Å². The SMILES string of the molecule is Cn1cc(-c2ccc(N)cn2)c2cc(O)ccc21. The molecule has 1 aromatic carbocycles. The molecule has 0 fully saturated rings. The van der Waals surface area contributed by atoms with Crippen molar-refractivity contribution in [1.29, 1.82) is 0 Å². The number of aromatic nitrogens is 2. The van der Waals surface area contributed by atoms with Crippen LogP contribution in [0.4, 0.5) is 5.69 Å². The molecule has 0 radical (unpaired) electrons. The minimum absolute atomic E-state index is 0.255. The van der Waals surface area contributed by atoms with E-state index in [-0.39, 0.29) is 5.75 Å². The molecule has 0 bridgehead atoms. The second-order valence-corrected chi connectivity index (χ2v) is 4.33. The fraction of sp³-hybridized carbons (Fsp3) is 0.0714. The number of hydrogen-bond acceptors (Lipinski definition) is 3. The molecule has 0 unspecified atom stereocenters. The van der Waals surface area contributed by atoms with Gasteiger partial charge in [-0.3, -0.25) is 4.98 Å².